The molecule has 0 saturated carbocycles. The molecule has 10 heteroatoms. The molecule has 0 bridgehead atoms. The van der Waals surface area contributed by atoms with Crippen molar-refractivity contribution in [2.75, 3.05) is 7.11 Å². The number of hydrogen-bond donors (Lipinski definition) is 0. The second kappa shape index (κ2) is 5.32. The second-order valence-electron chi connectivity index (χ2n) is 3.18. The molecule has 0 unspecified atom stereocenters. The van der Waals surface area contributed by atoms with Gasteiger partial charge in [-0.05, 0) is 6.07 Å². The van der Waals surface area contributed by atoms with Crippen LogP contribution < -0.4 is 9.47 Å². The minimum absolute atomic E-state index is 0.495. The Morgan fingerprint density at radius 1 is 1.21 bits per heavy atom. The van der Waals surface area contributed by atoms with Crippen LogP contribution >= 0.6 is 11.6 Å². The Morgan fingerprint density at radius 3 is 2.16 bits per heavy atom. The summed E-state index contributed by atoms with van der Waals surface area (Å²) >= 11 is 5.26. The lowest BCUT2D eigenvalue weighted by Gasteiger charge is -2.16. The number of halogens is 7. The van der Waals surface area contributed by atoms with Crippen molar-refractivity contribution >= 4 is 11.6 Å². The molecule has 1 aromatic rings. The third-order valence-corrected chi connectivity index (χ3v) is 2.15. The Hall–Kier alpha value is -1.38. The van der Waals surface area contributed by atoms with Crippen LogP contribution in [-0.2, 0) is 12.1 Å². The number of rotatable bonds is 3. The van der Waals surface area contributed by atoms with Gasteiger partial charge in [0.2, 0.25) is 0 Å². The van der Waals surface area contributed by atoms with Gasteiger partial charge in [-0.15, -0.1) is 24.8 Å². The van der Waals surface area contributed by atoms with E-state index in [0.29, 0.717) is 6.07 Å². The molecule has 3 nitrogen and oxygen atoms in total. The lowest BCUT2D eigenvalue weighted by molar-refractivity contribution is -0.275. The van der Waals surface area contributed by atoms with Gasteiger partial charge < -0.3 is 9.47 Å². The molecule has 0 amide bonds. The van der Waals surface area contributed by atoms with Gasteiger partial charge in [0.15, 0.2) is 11.4 Å². The average Bonchev–Trinajstić information content (AvgIpc) is 2.24. The van der Waals surface area contributed by atoms with Crippen LogP contribution in [0.5, 0.6) is 11.6 Å². The molecule has 19 heavy (non-hydrogen) atoms. The zero-order valence-electron chi connectivity index (χ0n) is 9.19. The first-order valence-electron chi connectivity index (χ1n) is 4.55. The van der Waals surface area contributed by atoms with E-state index in [9.17, 15) is 26.3 Å². The molecule has 108 valence electrons. The van der Waals surface area contributed by atoms with Gasteiger partial charge in [0.05, 0.1) is 7.11 Å². The van der Waals surface area contributed by atoms with E-state index in [2.05, 4.69) is 14.5 Å². The van der Waals surface area contributed by atoms with Gasteiger partial charge in [0.1, 0.15) is 0 Å². The Labute approximate surface area is 108 Å². The fourth-order valence-electron chi connectivity index (χ4n) is 1.21. The summed E-state index contributed by atoms with van der Waals surface area (Å²) in [6.07, 6.45) is -9.95. The maximum atomic E-state index is 12.6. The van der Waals surface area contributed by atoms with Gasteiger partial charge >= 0.3 is 12.5 Å². The molecule has 0 spiro atoms. The van der Waals surface area contributed by atoms with E-state index in [-0.39, 0.29) is 0 Å². The van der Waals surface area contributed by atoms with E-state index in [1.54, 1.807) is 0 Å². The van der Waals surface area contributed by atoms with E-state index in [0.717, 1.165) is 7.11 Å². The number of pyridine rings is 1. The highest BCUT2D eigenvalue weighted by Crippen LogP contribution is 2.38. The van der Waals surface area contributed by atoms with Crippen molar-refractivity contribution in [1.82, 2.24) is 4.98 Å². The summed E-state index contributed by atoms with van der Waals surface area (Å²) in [4.78, 5) is 2.96. The molecular formula is C9H6ClF6NO2. The highest BCUT2D eigenvalue weighted by molar-refractivity contribution is 6.17. The summed E-state index contributed by atoms with van der Waals surface area (Å²) in [7, 11) is 0.867. The summed E-state index contributed by atoms with van der Waals surface area (Å²) in [5.74, 6) is -2.60. The minimum Gasteiger partial charge on any atom is -0.478 e. The first kappa shape index (κ1) is 15.7. The van der Waals surface area contributed by atoms with Gasteiger partial charge in [0, 0.05) is 11.4 Å². The fraction of sp³-hybridized carbons (Fsp3) is 0.444. The van der Waals surface area contributed by atoms with Crippen molar-refractivity contribution in [2.24, 2.45) is 0 Å². The highest BCUT2D eigenvalue weighted by atomic mass is 35.5. The predicted molar refractivity (Wildman–Crippen MR) is 52.0 cm³/mol. The number of hydrogen-bond acceptors (Lipinski definition) is 3. The second-order valence-corrected chi connectivity index (χ2v) is 3.45. The molecule has 0 atom stereocenters. The van der Waals surface area contributed by atoms with E-state index in [1.807, 2.05) is 0 Å². The quantitative estimate of drug-likeness (QED) is 0.629. The van der Waals surface area contributed by atoms with Gasteiger partial charge in [-0.3, -0.25) is 0 Å². The molecule has 0 N–H and O–H groups in total. The third-order valence-electron chi connectivity index (χ3n) is 1.87. The number of nitrogens with zero attached hydrogens (tertiary/aromatic N) is 1. The third kappa shape index (κ3) is 4.05. The van der Waals surface area contributed by atoms with E-state index in [1.165, 1.54) is 0 Å². The Bertz CT molecular complexity index is 459. The molecule has 0 aliphatic carbocycles. The largest absolute Gasteiger partial charge is 0.573 e. The maximum absolute atomic E-state index is 12.6. The lowest BCUT2D eigenvalue weighted by Crippen LogP contribution is -2.19. The van der Waals surface area contributed by atoms with Gasteiger partial charge in [-0.25, -0.2) is 4.98 Å². The molecule has 0 saturated heterocycles. The molecule has 0 fully saturated rings. The van der Waals surface area contributed by atoms with Crippen molar-refractivity contribution in [3.63, 3.8) is 0 Å². The number of ether oxygens (including phenoxy) is 2. The summed E-state index contributed by atoms with van der Waals surface area (Å²) in [5.41, 5.74) is -2.07. The molecule has 0 aromatic carbocycles. The van der Waals surface area contributed by atoms with Gasteiger partial charge in [0.25, 0.3) is 5.88 Å². The van der Waals surface area contributed by atoms with Crippen LogP contribution in [0.15, 0.2) is 6.07 Å². The van der Waals surface area contributed by atoms with Crippen molar-refractivity contribution < 1.29 is 35.8 Å². The van der Waals surface area contributed by atoms with Crippen LogP contribution in [-0.4, -0.2) is 18.5 Å². The summed E-state index contributed by atoms with van der Waals surface area (Å²) in [6.45, 7) is 0. The average molecular weight is 310 g/mol. The summed E-state index contributed by atoms with van der Waals surface area (Å²) in [5, 5.41) is 0. The van der Waals surface area contributed by atoms with Crippen molar-refractivity contribution in [3.8, 4) is 11.6 Å². The molecule has 1 rings (SSSR count). The van der Waals surface area contributed by atoms with Crippen LogP contribution in [0.25, 0.3) is 0 Å². The van der Waals surface area contributed by atoms with E-state index < -0.39 is 41.3 Å². The smallest absolute Gasteiger partial charge is 0.478 e. The lowest BCUT2D eigenvalue weighted by atomic mass is 10.2. The van der Waals surface area contributed by atoms with Crippen molar-refractivity contribution in [2.45, 2.75) is 18.4 Å². The Kier molecular flexibility index (Phi) is 4.39. The Balaban J connectivity index is 3.36. The normalized spacial score (nSPS) is 12.4. The number of methoxy groups -OCH3 is 1. The molecule has 0 radical (unpaired) electrons. The first-order chi connectivity index (χ1) is 8.58. The topological polar surface area (TPSA) is 31.4 Å². The van der Waals surface area contributed by atoms with Gasteiger partial charge in [-0.2, -0.15) is 13.2 Å². The van der Waals surface area contributed by atoms with Crippen LogP contribution in [0.1, 0.15) is 11.3 Å². The molecule has 1 aromatic heterocycles. The summed E-state index contributed by atoms with van der Waals surface area (Å²) in [6, 6.07) is 0.495. The van der Waals surface area contributed by atoms with Crippen LogP contribution in [0.3, 0.4) is 0 Å². The molecular weight excluding hydrogens is 304 g/mol. The van der Waals surface area contributed by atoms with Crippen LogP contribution in [0.4, 0.5) is 26.3 Å². The van der Waals surface area contributed by atoms with E-state index >= 15 is 0 Å². The van der Waals surface area contributed by atoms with Crippen molar-refractivity contribution in [3.05, 3.63) is 17.3 Å². The van der Waals surface area contributed by atoms with Crippen molar-refractivity contribution in [1.29, 1.82) is 0 Å². The van der Waals surface area contributed by atoms with Crippen LogP contribution in [0.2, 0.25) is 0 Å². The van der Waals surface area contributed by atoms with Gasteiger partial charge in [-0.1, -0.05) is 0 Å². The monoisotopic (exact) mass is 309 g/mol. The Morgan fingerprint density at radius 2 is 1.79 bits per heavy atom. The molecule has 0 aliphatic rings. The SMILES string of the molecule is COc1nc(C(F)(F)F)c(CCl)cc1OC(F)(F)F. The molecule has 0 aliphatic heterocycles. The maximum Gasteiger partial charge on any atom is 0.573 e. The summed E-state index contributed by atoms with van der Waals surface area (Å²) < 4.78 is 81.8. The zero-order chi connectivity index (χ0) is 14.8. The highest BCUT2D eigenvalue weighted by Gasteiger charge is 2.38. The molecule has 1 heterocycles. The first-order valence-corrected chi connectivity index (χ1v) is 5.08. The number of aromatic nitrogens is 1. The number of alkyl halides is 7. The zero-order valence-corrected chi connectivity index (χ0v) is 9.95. The fourth-order valence-corrected chi connectivity index (χ4v) is 1.41. The van der Waals surface area contributed by atoms with E-state index in [4.69, 9.17) is 11.6 Å². The minimum atomic E-state index is -5.09. The standard InChI is InChI=1S/C9H6ClF6NO2/c1-18-7-5(19-9(14,15)16)2-4(3-10)6(17-7)8(11,12)13/h2H,3H2,1H3. The predicted octanol–water partition coefficient (Wildman–Crippen LogP) is 3.75. The van der Waals surface area contributed by atoms with Crippen LogP contribution in [0, 0.1) is 0 Å².